The molecular weight excluding hydrogens is 336 g/mol. The van der Waals surface area contributed by atoms with E-state index in [1.165, 1.54) is 17.5 Å². The van der Waals surface area contributed by atoms with Crippen molar-refractivity contribution in [3.63, 3.8) is 0 Å². The largest absolute Gasteiger partial charge is 0.493 e. The Morgan fingerprint density at radius 1 is 0.926 bits per heavy atom. The SMILES string of the molecule is CCN(CC)CCCNCc1ccc(OCCc2ccccc2)c(OC)c1. The highest BCUT2D eigenvalue weighted by atomic mass is 16.5. The van der Waals surface area contributed by atoms with Crippen LogP contribution in [0.3, 0.4) is 0 Å². The summed E-state index contributed by atoms with van der Waals surface area (Å²) in [5.41, 5.74) is 2.49. The summed E-state index contributed by atoms with van der Waals surface area (Å²) in [7, 11) is 1.70. The number of rotatable bonds is 13. The Labute approximate surface area is 164 Å². The summed E-state index contributed by atoms with van der Waals surface area (Å²) >= 11 is 0. The fourth-order valence-corrected chi connectivity index (χ4v) is 3.06. The van der Waals surface area contributed by atoms with Crippen molar-refractivity contribution in [3.8, 4) is 11.5 Å². The molecule has 2 aromatic rings. The van der Waals surface area contributed by atoms with Gasteiger partial charge in [0.05, 0.1) is 13.7 Å². The summed E-state index contributed by atoms with van der Waals surface area (Å²) in [5.74, 6) is 1.60. The van der Waals surface area contributed by atoms with E-state index in [1.54, 1.807) is 7.11 Å². The van der Waals surface area contributed by atoms with Crippen LogP contribution in [0.15, 0.2) is 48.5 Å². The first kappa shape index (κ1) is 21.3. The normalized spacial score (nSPS) is 11.0. The average Bonchev–Trinajstić information content (AvgIpc) is 2.72. The third kappa shape index (κ3) is 7.61. The van der Waals surface area contributed by atoms with E-state index in [1.807, 2.05) is 12.1 Å². The van der Waals surface area contributed by atoms with Crippen LogP contribution in [0.25, 0.3) is 0 Å². The van der Waals surface area contributed by atoms with E-state index in [0.717, 1.165) is 50.6 Å². The van der Waals surface area contributed by atoms with Gasteiger partial charge in [0.1, 0.15) is 0 Å². The Bertz CT molecular complexity index is 642. The van der Waals surface area contributed by atoms with Crippen LogP contribution < -0.4 is 14.8 Å². The number of ether oxygens (including phenoxy) is 2. The van der Waals surface area contributed by atoms with Gasteiger partial charge in [-0.15, -0.1) is 0 Å². The smallest absolute Gasteiger partial charge is 0.161 e. The van der Waals surface area contributed by atoms with E-state index in [9.17, 15) is 0 Å². The first-order valence-electron chi connectivity index (χ1n) is 10.0. The molecule has 0 aliphatic rings. The Balaban J connectivity index is 1.75. The molecule has 0 bridgehead atoms. The molecule has 2 aromatic carbocycles. The molecule has 0 heterocycles. The third-order valence-corrected chi connectivity index (χ3v) is 4.77. The molecule has 0 saturated carbocycles. The van der Waals surface area contributed by atoms with Gasteiger partial charge in [0.2, 0.25) is 0 Å². The summed E-state index contributed by atoms with van der Waals surface area (Å²) in [5, 5.41) is 3.52. The number of methoxy groups -OCH3 is 1. The highest BCUT2D eigenvalue weighted by Gasteiger charge is 2.06. The quantitative estimate of drug-likeness (QED) is 0.537. The zero-order chi connectivity index (χ0) is 19.3. The number of benzene rings is 2. The van der Waals surface area contributed by atoms with Gasteiger partial charge in [-0.2, -0.15) is 0 Å². The minimum atomic E-state index is 0.642. The van der Waals surface area contributed by atoms with Gasteiger partial charge in [0, 0.05) is 13.0 Å². The third-order valence-electron chi connectivity index (χ3n) is 4.77. The van der Waals surface area contributed by atoms with Crippen molar-refractivity contribution in [2.75, 3.05) is 39.9 Å². The van der Waals surface area contributed by atoms with Crippen molar-refractivity contribution in [2.45, 2.75) is 33.2 Å². The van der Waals surface area contributed by atoms with Gasteiger partial charge in [-0.25, -0.2) is 0 Å². The van der Waals surface area contributed by atoms with Gasteiger partial charge in [-0.05, 0) is 55.9 Å². The van der Waals surface area contributed by atoms with E-state index < -0.39 is 0 Å². The van der Waals surface area contributed by atoms with Crippen LogP contribution in [0.4, 0.5) is 0 Å². The molecule has 0 aliphatic heterocycles. The summed E-state index contributed by atoms with van der Waals surface area (Å²) in [6.45, 7) is 10.3. The number of hydrogen-bond acceptors (Lipinski definition) is 4. The lowest BCUT2D eigenvalue weighted by Gasteiger charge is -2.17. The predicted octanol–water partition coefficient (Wildman–Crippen LogP) is 4.14. The molecule has 0 amide bonds. The molecule has 2 rings (SSSR count). The molecule has 27 heavy (non-hydrogen) atoms. The minimum Gasteiger partial charge on any atom is -0.493 e. The molecule has 4 heteroatoms. The molecule has 148 valence electrons. The van der Waals surface area contributed by atoms with Crippen LogP contribution in [0.1, 0.15) is 31.4 Å². The van der Waals surface area contributed by atoms with Gasteiger partial charge < -0.3 is 19.7 Å². The monoisotopic (exact) mass is 370 g/mol. The van der Waals surface area contributed by atoms with Crippen LogP contribution in [0.2, 0.25) is 0 Å². The second kappa shape index (κ2) is 12.4. The van der Waals surface area contributed by atoms with Gasteiger partial charge >= 0.3 is 0 Å². The summed E-state index contributed by atoms with van der Waals surface area (Å²) in [6, 6.07) is 16.6. The van der Waals surface area contributed by atoms with Crippen molar-refractivity contribution in [1.29, 1.82) is 0 Å². The molecule has 0 spiro atoms. The van der Waals surface area contributed by atoms with Gasteiger partial charge in [-0.3, -0.25) is 0 Å². The van der Waals surface area contributed by atoms with Crippen LogP contribution in [-0.2, 0) is 13.0 Å². The van der Waals surface area contributed by atoms with Crippen LogP contribution in [-0.4, -0.2) is 44.8 Å². The molecule has 0 saturated heterocycles. The van der Waals surface area contributed by atoms with E-state index in [2.05, 4.69) is 60.5 Å². The fourth-order valence-electron chi connectivity index (χ4n) is 3.06. The minimum absolute atomic E-state index is 0.642. The van der Waals surface area contributed by atoms with E-state index in [0.29, 0.717) is 6.61 Å². The van der Waals surface area contributed by atoms with Gasteiger partial charge in [0.25, 0.3) is 0 Å². The highest BCUT2D eigenvalue weighted by Crippen LogP contribution is 2.28. The molecule has 0 unspecified atom stereocenters. The molecule has 1 N–H and O–H groups in total. The first-order valence-corrected chi connectivity index (χ1v) is 10.0. The molecular formula is C23H34N2O2. The van der Waals surface area contributed by atoms with E-state index in [-0.39, 0.29) is 0 Å². The molecule has 4 nitrogen and oxygen atoms in total. The van der Waals surface area contributed by atoms with Gasteiger partial charge in [-0.1, -0.05) is 50.2 Å². The highest BCUT2D eigenvalue weighted by molar-refractivity contribution is 5.43. The number of hydrogen-bond donors (Lipinski definition) is 1. The van der Waals surface area contributed by atoms with Crippen LogP contribution >= 0.6 is 0 Å². The van der Waals surface area contributed by atoms with Crippen molar-refractivity contribution in [1.82, 2.24) is 10.2 Å². The maximum atomic E-state index is 5.93. The lowest BCUT2D eigenvalue weighted by atomic mass is 10.1. The van der Waals surface area contributed by atoms with E-state index >= 15 is 0 Å². The van der Waals surface area contributed by atoms with Crippen molar-refractivity contribution >= 4 is 0 Å². The summed E-state index contributed by atoms with van der Waals surface area (Å²) in [6.07, 6.45) is 2.05. The van der Waals surface area contributed by atoms with Crippen molar-refractivity contribution in [2.24, 2.45) is 0 Å². The van der Waals surface area contributed by atoms with Crippen LogP contribution in [0, 0.1) is 0 Å². The first-order chi connectivity index (χ1) is 13.3. The lowest BCUT2D eigenvalue weighted by molar-refractivity contribution is 0.296. The molecule has 0 aliphatic carbocycles. The standard InChI is InChI=1S/C23H34N2O2/c1-4-25(5-2)16-9-15-24-19-21-12-13-22(23(18-21)26-3)27-17-14-20-10-7-6-8-11-20/h6-8,10-13,18,24H,4-5,9,14-17,19H2,1-3H3. The van der Waals surface area contributed by atoms with E-state index in [4.69, 9.17) is 9.47 Å². The summed E-state index contributed by atoms with van der Waals surface area (Å²) in [4.78, 5) is 2.45. The van der Waals surface area contributed by atoms with Gasteiger partial charge in [0.15, 0.2) is 11.5 Å². The average molecular weight is 371 g/mol. The molecule has 0 radical (unpaired) electrons. The Morgan fingerprint density at radius 2 is 1.70 bits per heavy atom. The maximum absolute atomic E-state index is 5.93. The fraction of sp³-hybridized carbons (Fsp3) is 0.478. The zero-order valence-corrected chi connectivity index (χ0v) is 17.0. The zero-order valence-electron chi connectivity index (χ0n) is 17.0. The molecule has 0 atom stereocenters. The molecule has 0 fully saturated rings. The number of nitrogens with one attached hydrogen (secondary N) is 1. The van der Waals surface area contributed by atoms with Crippen molar-refractivity contribution in [3.05, 3.63) is 59.7 Å². The van der Waals surface area contributed by atoms with Crippen molar-refractivity contribution < 1.29 is 9.47 Å². The molecule has 0 aromatic heterocycles. The maximum Gasteiger partial charge on any atom is 0.161 e. The lowest BCUT2D eigenvalue weighted by Crippen LogP contribution is -2.27. The Morgan fingerprint density at radius 3 is 2.41 bits per heavy atom. The topological polar surface area (TPSA) is 33.7 Å². The summed E-state index contributed by atoms with van der Waals surface area (Å²) < 4.78 is 11.4. The Kier molecular flexibility index (Phi) is 9.74. The second-order valence-electron chi connectivity index (χ2n) is 6.63. The second-order valence-corrected chi connectivity index (χ2v) is 6.63. The van der Waals surface area contributed by atoms with Crippen LogP contribution in [0.5, 0.6) is 11.5 Å². The Hall–Kier alpha value is -2.04. The predicted molar refractivity (Wildman–Crippen MR) is 113 cm³/mol. The number of nitrogens with zero attached hydrogens (tertiary/aromatic N) is 1.